The van der Waals surface area contributed by atoms with Gasteiger partial charge in [0.2, 0.25) is 5.91 Å². The normalized spacial score (nSPS) is 16.3. The van der Waals surface area contributed by atoms with Gasteiger partial charge in [-0.1, -0.05) is 30.3 Å². The Bertz CT molecular complexity index is 1020. The number of ether oxygens (including phenoxy) is 1. The molecule has 1 saturated heterocycles. The third-order valence-electron chi connectivity index (χ3n) is 5.60. The number of halogens is 1. The molecule has 1 aliphatic heterocycles. The lowest BCUT2D eigenvalue weighted by Crippen LogP contribution is -2.40. The molecule has 2 heterocycles. The van der Waals surface area contributed by atoms with Gasteiger partial charge in [-0.2, -0.15) is 0 Å². The van der Waals surface area contributed by atoms with Crippen molar-refractivity contribution in [2.24, 2.45) is 0 Å². The van der Waals surface area contributed by atoms with E-state index in [2.05, 4.69) is 0 Å². The smallest absolute Gasteiger partial charge is 0.227 e. The minimum atomic E-state index is -0.271. The second-order valence-electron chi connectivity index (χ2n) is 7.66. The molecule has 0 N–H and O–H groups in total. The number of carbonyl (C=O) groups excluding carboxylic acids is 1. The third-order valence-corrected chi connectivity index (χ3v) is 5.60. The van der Waals surface area contributed by atoms with Crippen LogP contribution in [0.2, 0.25) is 0 Å². The molecule has 3 aromatic rings. The quantitative estimate of drug-likeness (QED) is 0.611. The number of benzene rings is 2. The first-order chi connectivity index (χ1) is 14.6. The van der Waals surface area contributed by atoms with Gasteiger partial charge in [0.25, 0.3) is 0 Å². The van der Waals surface area contributed by atoms with E-state index in [1.165, 1.54) is 12.1 Å². The van der Waals surface area contributed by atoms with Crippen molar-refractivity contribution in [1.29, 1.82) is 0 Å². The number of pyridine rings is 1. The maximum atomic E-state index is 13.6. The summed E-state index contributed by atoms with van der Waals surface area (Å²) in [6.07, 6.45) is 2.32. The monoisotopic (exact) mass is 404 g/mol. The summed E-state index contributed by atoms with van der Waals surface area (Å²) in [7, 11) is 1.63. The molecule has 1 fully saturated rings. The lowest BCUT2D eigenvalue weighted by molar-refractivity contribution is -0.131. The largest absolute Gasteiger partial charge is 0.497 e. The summed E-state index contributed by atoms with van der Waals surface area (Å²) in [4.78, 5) is 19.6. The molecule has 0 saturated carbocycles. The lowest BCUT2D eigenvalue weighted by Gasteiger charge is -2.32. The molecule has 1 amide bonds. The van der Waals surface area contributed by atoms with Crippen LogP contribution in [-0.2, 0) is 11.2 Å². The van der Waals surface area contributed by atoms with Gasteiger partial charge in [-0.05, 0) is 54.8 Å². The number of amides is 1. The minimum Gasteiger partial charge on any atom is -0.497 e. The van der Waals surface area contributed by atoms with E-state index in [4.69, 9.17) is 9.72 Å². The van der Waals surface area contributed by atoms with Crippen molar-refractivity contribution in [2.75, 3.05) is 20.2 Å². The highest BCUT2D eigenvalue weighted by Gasteiger charge is 2.25. The summed E-state index contributed by atoms with van der Waals surface area (Å²) in [5.74, 6) is 0.833. The zero-order valence-electron chi connectivity index (χ0n) is 17.1. The van der Waals surface area contributed by atoms with Crippen LogP contribution in [0.15, 0.2) is 66.7 Å². The molecule has 4 nitrogen and oxygen atoms in total. The molecule has 1 aromatic heterocycles. The molecular formula is C25H25FN2O2. The van der Waals surface area contributed by atoms with Gasteiger partial charge >= 0.3 is 0 Å². The van der Waals surface area contributed by atoms with Gasteiger partial charge in [-0.3, -0.25) is 9.78 Å². The summed E-state index contributed by atoms with van der Waals surface area (Å²) < 4.78 is 18.8. The molecule has 0 radical (unpaired) electrons. The number of carbonyl (C=O) groups is 1. The van der Waals surface area contributed by atoms with Crippen LogP contribution in [0.25, 0.3) is 11.3 Å². The molecule has 0 aliphatic carbocycles. The molecule has 30 heavy (non-hydrogen) atoms. The number of piperidine rings is 1. The van der Waals surface area contributed by atoms with Gasteiger partial charge in [0.15, 0.2) is 0 Å². The van der Waals surface area contributed by atoms with Gasteiger partial charge in [-0.25, -0.2) is 4.39 Å². The Morgan fingerprint density at radius 1 is 1.13 bits per heavy atom. The fourth-order valence-electron chi connectivity index (χ4n) is 3.96. The number of methoxy groups -OCH3 is 1. The second kappa shape index (κ2) is 9.08. The molecular weight excluding hydrogens is 379 g/mol. The van der Waals surface area contributed by atoms with Crippen LogP contribution in [0.5, 0.6) is 5.75 Å². The van der Waals surface area contributed by atoms with Gasteiger partial charge in [0.1, 0.15) is 11.6 Å². The Morgan fingerprint density at radius 3 is 2.70 bits per heavy atom. The zero-order chi connectivity index (χ0) is 20.9. The van der Waals surface area contributed by atoms with E-state index in [1.54, 1.807) is 13.2 Å². The Morgan fingerprint density at radius 2 is 1.93 bits per heavy atom. The van der Waals surface area contributed by atoms with Crippen LogP contribution in [-0.4, -0.2) is 36.0 Å². The molecule has 1 atom stereocenters. The predicted octanol–water partition coefficient (Wildman–Crippen LogP) is 4.85. The van der Waals surface area contributed by atoms with Crippen molar-refractivity contribution < 1.29 is 13.9 Å². The van der Waals surface area contributed by atoms with Crippen molar-refractivity contribution in [3.63, 3.8) is 0 Å². The third kappa shape index (κ3) is 4.67. The van der Waals surface area contributed by atoms with Crippen molar-refractivity contribution >= 4 is 5.91 Å². The first kappa shape index (κ1) is 20.1. The number of hydrogen-bond donors (Lipinski definition) is 0. The summed E-state index contributed by atoms with van der Waals surface area (Å²) in [5, 5.41) is 0. The molecule has 0 unspecified atom stereocenters. The number of hydrogen-bond acceptors (Lipinski definition) is 3. The Labute approximate surface area is 176 Å². The molecule has 0 bridgehead atoms. The van der Waals surface area contributed by atoms with E-state index >= 15 is 0 Å². The maximum Gasteiger partial charge on any atom is 0.227 e. The highest BCUT2D eigenvalue weighted by atomic mass is 19.1. The van der Waals surface area contributed by atoms with Crippen molar-refractivity contribution in [3.05, 3.63) is 83.8 Å². The number of nitrogens with zero attached hydrogens (tertiary/aromatic N) is 2. The van der Waals surface area contributed by atoms with Crippen molar-refractivity contribution in [1.82, 2.24) is 9.88 Å². The first-order valence-corrected chi connectivity index (χ1v) is 10.3. The van der Waals surface area contributed by atoms with Crippen LogP contribution in [0, 0.1) is 5.82 Å². The van der Waals surface area contributed by atoms with Crippen LogP contribution < -0.4 is 4.74 Å². The van der Waals surface area contributed by atoms with E-state index in [9.17, 15) is 9.18 Å². The lowest BCUT2D eigenvalue weighted by atomic mass is 9.93. The number of aromatic nitrogens is 1. The standard InChI is InChI=1S/C25H25FN2O2/c1-30-22-12-10-18(11-13-22)15-25(29)28-14-4-6-20(17-28)24-9-3-8-23(27-24)19-5-2-7-21(26)16-19/h2-3,5,7-13,16,20H,4,6,14-15,17H2,1H3/t20-/m1/s1. The molecule has 5 heteroatoms. The fourth-order valence-corrected chi connectivity index (χ4v) is 3.96. The van der Waals surface area contributed by atoms with Crippen LogP contribution in [0.1, 0.15) is 30.0 Å². The summed E-state index contributed by atoms with van der Waals surface area (Å²) in [6.45, 7) is 1.43. The Hall–Kier alpha value is -3.21. The number of rotatable bonds is 5. The van der Waals surface area contributed by atoms with Crippen LogP contribution in [0.4, 0.5) is 4.39 Å². The summed E-state index contributed by atoms with van der Waals surface area (Å²) in [6, 6.07) is 20.0. The van der Waals surface area contributed by atoms with E-state index in [0.717, 1.165) is 47.7 Å². The van der Waals surface area contributed by atoms with Gasteiger partial charge < -0.3 is 9.64 Å². The molecule has 1 aliphatic rings. The topological polar surface area (TPSA) is 42.4 Å². The Balaban J connectivity index is 1.45. The van der Waals surface area contributed by atoms with E-state index < -0.39 is 0 Å². The zero-order valence-corrected chi connectivity index (χ0v) is 17.1. The molecule has 2 aromatic carbocycles. The second-order valence-corrected chi connectivity index (χ2v) is 7.66. The molecule has 154 valence electrons. The summed E-state index contributed by atoms with van der Waals surface area (Å²) in [5.41, 5.74) is 3.46. The Kier molecular flexibility index (Phi) is 6.07. The van der Waals surface area contributed by atoms with Crippen LogP contribution >= 0.6 is 0 Å². The SMILES string of the molecule is COc1ccc(CC(=O)N2CCC[C@@H](c3cccc(-c4cccc(F)c4)n3)C2)cc1. The highest BCUT2D eigenvalue weighted by Crippen LogP contribution is 2.28. The van der Waals surface area contributed by atoms with Crippen LogP contribution in [0.3, 0.4) is 0 Å². The maximum absolute atomic E-state index is 13.6. The average molecular weight is 404 g/mol. The first-order valence-electron chi connectivity index (χ1n) is 10.3. The van der Waals surface area contributed by atoms with Crippen molar-refractivity contribution in [2.45, 2.75) is 25.2 Å². The molecule has 4 rings (SSSR count). The van der Waals surface area contributed by atoms with Gasteiger partial charge in [-0.15, -0.1) is 0 Å². The van der Waals surface area contributed by atoms with Gasteiger partial charge in [0, 0.05) is 30.3 Å². The van der Waals surface area contributed by atoms with E-state index in [-0.39, 0.29) is 17.6 Å². The summed E-state index contributed by atoms with van der Waals surface area (Å²) >= 11 is 0. The average Bonchev–Trinajstić information content (AvgIpc) is 2.80. The number of likely N-dealkylation sites (tertiary alicyclic amines) is 1. The highest BCUT2D eigenvalue weighted by molar-refractivity contribution is 5.79. The fraction of sp³-hybridized carbons (Fsp3) is 0.280. The molecule has 0 spiro atoms. The van der Waals surface area contributed by atoms with E-state index in [1.807, 2.05) is 53.4 Å². The van der Waals surface area contributed by atoms with Crippen molar-refractivity contribution in [3.8, 4) is 17.0 Å². The van der Waals surface area contributed by atoms with E-state index in [0.29, 0.717) is 13.0 Å². The van der Waals surface area contributed by atoms with Gasteiger partial charge in [0.05, 0.1) is 19.2 Å². The minimum absolute atomic E-state index is 0.131. The predicted molar refractivity (Wildman–Crippen MR) is 115 cm³/mol.